The van der Waals surface area contributed by atoms with Gasteiger partial charge in [-0.15, -0.1) is 0 Å². The third-order valence-electron chi connectivity index (χ3n) is 4.60. The van der Waals surface area contributed by atoms with Gasteiger partial charge in [-0.05, 0) is 67.3 Å². The Morgan fingerprint density at radius 2 is 1.67 bits per heavy atom. The van der Waals surface area contributed by atoms with Crippen molar-refractivity contribution in [1.82, 2.24) is 0 Å². The number of benzene rings is 2. The van der Waals surface area contributed by atoms with Crippen LogP contribution >= 0.6 is 0 Å². The van der Waals surface area contributed by atoms with Crippen LogP contribution in [-0.4, -0.2) is 26.9 Å². The van der Waals surface area contributed by atoms with Crippen LogP contribution in [0.1, 0.15) is 30.5 Å². The number of hydrogen-bond donors (Lipinski definition) is 0. The van der Waals surface area contributed by atoms with Gasteiger partial charge in [-0.1, -0.05) is 18.7 Å². The van der Waals surface area contributed by atoms with Crippen LogP contribution in [-0.2, 0) is 6.42 Å². The molecule has 0 fully saturated rings. The SMILES string of the molecule is C=C(Cc1cc(OC)c(OC)c(OC)c1)c1ccc2c(c1)C=CC(C)(C)O2. The fourth-order valence-corrected chi connectivity index (χ4v) is 3.19. The molecule has 0 amide bonds. The van der Waals surface area contributed by atoms with Gasteiger partial charge in [0.15, 0.2) is 11.5 Å². The summed E-state index contributed by atoms with van der Waals surface area (Å²) in [7, 11) is 4.84. The maximum Gasteiger partial charge on any atom is 0.203 e. The van der Waals surface area contributed by atoms with Gasteiger partial charge in [-0.2, -0.15) is 0 Å². The molecular weight excluding hydrogens is 340 g/mol. The van der Waals surface area contributed by atoms with Gasteiger partial charge in [0.05, 0.1) is 21.3 Å². The largest absolute Gasteiger partial charge is 0.493 e. The van der Waals surface area contributed by atoms with Gasteiger partial charge in [0.1, 0.15) is 11.4 Å². The van der Waals surface area contributed by atoms with E-state index >= 15 is 0 Å². The lowest BCUT2D eigenvalue weighted by Gasteiger charge is -2.28. The fourth-order valence-electron chi connectivity index (χ4n) is 3.19. The van der Waals surface area contributed by atoms with E-state index in [1.165, 1.54) is 0 Å². The van der Waals surface area contributed by atoms with Crippen molar-refractivity contribution in [2.75, 3.05) is 21.3 Å². The summed E-state index contributed by atoms with van der Waals surface area (Å²) >= 11 is 0. The summed E-state index contributed by atoms with van der Waals surface area (Å²) in [6.45, 7) is 8.36. The van der Waals surface area contributed by atoms with E-state index in [0.29, 0.717) is 23.7 Å². The number of rotatable bonds is 6. The summed E-state index contributed by atoms with van der Waals surface area (Å²) in [5.41, 5.74) is 3.92. The van der Waals surface area contributed by atoms with E-state index in [-0.39, 0.29) is 5.60 Å². The number of ether oxygens (including phenoxy) is 4. The summed E-state index contributed by atoms with van der Waals surface area (Å²) in [4.78, 5) is 0. The Morgan fingerprint density at radius 1 is 1.00 bits per heavy atom. The highest BCUT2D eigenvalue weighted by Gasteiger charge is 2.22. The van der Waals surface area contributed by atoms with E-state index < -0.39 is 0 Å². The van der Waals surface area contributed by atoms with Gasteiger partial charge in [-0.25, -0.2) is 0 Å². The lowest BCUT2D eigenvalue weighted by molar-refractivity contribution is 0.159. The normalized spacial score (nSPS) is 14.1. The first-order valence-corrected chi connectivity index (χ1v) is 8.86. The number of allylic oxidation sites excluding steroid dienone is 1. The van der Waals surface area contributed by atoms with Crippen LogP contribution in [0.3, 0.4) is 0 Å². The van der Waals surface area contributed by atoms with Crippen LogP contribution in [0, 0.1) is 0 Å². The molecule has 1 aliphatic rings. The summed E-state index contributed by atoms with van der Waals surface area (Å²) in [5.74, 6) is 2.77. The number of hydrogen-bond acceptors (Lipinski definition) is 4. The lowest BCUT2D eigenvalue weighted by atomic mass is 9.95. The molecule has 0 radical (unpaired) electrons. The highest BCUT2D eigenvalue weighted by molar-refractivity contribution is 5.72. The van der Waals surface area contributed by atoms with E-state index in [0.717, 1.165) is 28.0 Å². The van der Waals surface area contributed by atoms with E-state index in [1.807, 2.05) is 38.1 Å². The Balaban J connectivity index is 1.86. The van der Waals surface area contributed by atoms with Gasteiger partial charge in [0, 0.05) is 5.56 Å². The van der Waals surface area contributed by atoms with E-state index in [9.17, 15) is 0 Å². The van der Waals surface area contributed by atoms with Crippen molar-refractivity contribution in [3.63, 3.8) is 0 Å². The molecule has 1 heterocycles. The third-order valence-corrected chi connectivity index (χ3v) is 4.60. The second kappa shape index (κ2) is 7.39. The molecule has 0 spiro atoms. The van der Waals surface area contributed by atoms with Gasteiger partial charge in [0.2, 0.25) is 5.75 Å². The molecule has 1 aliphatic heterocycles. The highest BCUT2D eigenvalue weighted by atomic mass is 16.5. The molecule has 0 saturated carbocycles. The Morgan fingerprint density at radius 3 is 2.26 bits per heavy atom. The molecule has 0 saturated heterocycles. The summed E-state index contributed by atoms with van der Waals surface area (Å²) in [6, 6.07) is 10.1. The number of fused-ring (bicyclic) bond motifs is 1. The van der Waals surface area contributed by atoms with Crippen LogP contribution in [0.5, 0.6) is 23.0 Å². The van der Waals surface area contributed by atoms with Crippen LogP contribution in [0.2, 0.25) is 0 Å². The molecule has 2 aromatic rings. The first-order valence-electron chi connectivity index (χ1n) is 8.86. The highest BCUT2D eigenvalue weighted by Crippen LogP contribution is 2.39. The van der Waals surface area contributed by atoms with Crippen molar-refractivity contribution < 1.29 is 18.9 Å². The minimum absolute atomic E-state index is 0.276. The zero-order valence-corrected chi connectivity index (χ0v) is 16.6. The maximum absolute atomic E-state index is 5.99. The molecule has 0 bridgehead atoms. The van der Waals surface area contributed by atoms with Crippen LogP contribution < -0.4 is 18.9 Å². The molecule has 0 aromatic heterocycles. The quantitative estimate of drug-likeness (QED) is 0.708. The first-order chi connectivity index (χ1) is 12.9. The third kappa shape index (κ3) is 3.95. The lowest BCUT2D eigenvalue weighted by Crippen LogP contribution is -2.27. The standard InChI is InChI=1S/C23H26O4/c1-15(11-16-12-20(24-4)22(26-6)21(13-16)25-5)17-7-8-19-18(14-17)9-10-23(2,3)27-19/h7-10,12-14H,1,11H2,2-6H3. The van der Waals surface area contributed by atoms with Crippen LogP contribution in [0.4, 0.5) is 0 Å². The van der Waals surface area contributed by atoms with Gasteiger partial charge in [-0.3, -0.25) is 0 Å². The molecule has 0 atom stereocenters. The first kappa shape index (κ1) is 18.9. The van der Waals surface area contributed by atoms with Crippen molar-refractivity contribution in [2.24, 2.45) is 0 Å². The van der Waals surface area contributed by atoms with Gasteiger partial charge in [0.25, 0.3) is 0 Å². The Kier molecular flexibility index (Phi) is 5.17. The second-order valence-electron chi connectivity index (χ2n) is 7.11. The molecular formula is C23H26O4. The molecule has 4 heteroatoms. The molecule has 2 aromatic carbocycles. The summed E-state index contributed by atoms with van der Waals surface area (Å²) in [5, 5.41) is 0. The molecule has 27 heavy (non-hydrogen) atoms. The smallest absolute Gasteiger partial charge is 0.203 e. The summed E-state index contributed by atoms with van der Waals surface area (Å²) in [6.07, 6.45) is 4.85. The molecule has 0 aliphatic carbocycles. The van der Waals surface area contributed by atoms with E-state index in [4.69, 9.17) is 18.9 Å². The van der Waals surface area contributed by atoms with Crippen LogP contribution in [0.25, 0.3) is 11.6 Å². The van der Waals surface area contributed by atoms with Crippen molar-refractivity contribution in [2.45, 2.75) is 25.9 Å². The molecule has 3 rings (SSSR count). The fraction of sp³-hybridized carbons (Fsp3) is 0.304. The van der Waals surface area contributed by atoms with Gasteiger partial charge >= 0.3 is 0 Å². The Labute approximate surface area is 161 Å². The summed E-state index contributed by atoms with van der Waals surface area (Å²) < 4.78 is 22.3. The maximum atomic E-state index is 5.99. The average molecular weight is 366 g/mol. The molecule has 0 unspecified atom stereocenters. The van der Waals surface area contributed by atoms with Crippen molar-refractivity contribution in [1.29, 1.82) is 0 Å². The average Bonchev–Trinajstić information content (AvgIpc) is 2.65. The Hall–Kier alpha value is -2.88. The van der Waals surface area contributed by atoms with Gasteiger partial charge < -0.3 is 18.9 Å². The molecule has 4 nitrogen and oxygen atoms in total. The zero-order chi connectivity index (χ0) is 19.6. The second-order valence-corrected chi connectivity index (χ2v) is 7.11. The minimum Gasteiger partial charge on any atom is -0.493 e. The zero-order valence-electron chi connectivity index (χ0n) is 16.6. The minimum atomic E-state index is -0.276. The predicted octanol–water partition coefficient (Wildman–Crippen LogP) is 5.15. The predicted molar refractivity (Wildman–Crippen MR) is 109 cm³/mol. The monoisotopic (exact) mass is 366 g/mol. The van der Waals surface area contributed by atoms with Crippen molar-refractivity contribution in [3.8, 4) is 23.0 Å². The van der Waals surface area contributed by atoms with Crippen molar-refractivity contribution in [3.05, 3.63) is 59.7 Å². The topological polar surface area (TPSA) is 36.9 Å². The van der Waals surface area contributed by atoms with E-state index in [1.54, 1.807) is 21.3 Å². The molecule has 142 valence electrons. The van der Waals surface area contributed by atoms with Crippen LogP contribution in [0.15, 0.2) is 43.0 Å². The molecule has 0 N–H and O–H groups in total. The van der Waals surface area contributed by atoms with E-state index in [2.05, 4.69) is 24.8 Å². The van der Waals surface area contributed by atoms with Crippen molar-refractivity contribution >= 4 is 11.6 Å². The Bertz CT molecular complexity index is 868. The number of methoxy groups -OCH3 is 3.